The van der Waals surface area contributed by atoms with Gasteiger partial charge in [-0.15, -0.1) is 0 Å². The second-order valence-corrected chi connectivity index (χ2v) is 7.33. The molecule has 0 saturated carbocycles. The van der Waals surface area contributed by atoms with Crippen molar-refractivity contribution in [2.24, 2.45) is 0 Å². The van der Waals surface area contributed by atoms with Crippen LogP contribution < -0.4 is 5.32 Å². The predicted molar refractivity (Wildman–Crippen MR) is 109 cm³/mol. The first-order valence-corrected chi connectivity index (χ1v) is 9.85. The first kappa shape index (κ1) is 18.3. The summed E-state index contributed by atoms with van der Waals surface area (Å²) in [5, 5.41) is 4.20. The first-order chi connectivity index (χ1) is 13.7. The second kappa shape index (κ2) is 8.30. The summed E-state index contributed by atoms with van der Waals surface area (Å²) in [4.78, 5) is 26.0. The molecule has 0 bridgehead atoms. The van der Waals surface area contributed by atoms with Crippen LogP contribution in [0.2, 0.25) is 0 Å². The van der Waals surface area contributed by atoms with E-state index in [9.17, 15) is 9.59 Å². The number of nitrogens with one attached hydrogen (secondary N) is 1. The first-order valence-electron chi connectivity index (χ1n) is 9.85. The number of fused-ring (bicyclic) bond motifs is 1. The molecule has 0 spiro atoms. The summed E-state index contributed by atoms with van der Waals surface area (Å²) in [6.07, 6.45) is 4.08. The van der Waals surface area contributed by atoms with E-state index < -0.39 is 0 Å². The molecule has 1 aromatic heterocycles. The molecule has 0 aliphatic carbocycles. The third-order valence-electron chi connectivity index (χ3n) is 5.29. The molecule has 1 fully saturated rings. The average Bonchev–Trinajstić information content (AvgIpc) is 3.31. The molecule has 1 saturated heterocycles. The smallest absolute Gasteiger partial charge is 0.222 e. The number of benzene rings is 2. The van der Waals surface area contributed by atoms with Gasteiger partial charge in [0.05, 0.1) is 0 Å². The highest BCUT2D eigenvalue weighted by molar-refractivity contribution is 5.80. The molecule has 4 rings (SSSR count). The van der Waals surface area contributed by atoms with Gasteiger partial charge in [0.2, 0.25) is 11.8 Å². The molecule has 0 radical (unpaired) electrons. The fourth-order valence-electron chi connectivity index (χ4n) is 3.78. The van der Waals surface area contributed by atoms with E-state index in [4.69, 9.17) is 0 Å². The number of likely N-dealkylation sites (tertiary alicyclic amines) is 1. The summed E-state index contributed by atoms with van der Waals surface area (Å²) in [5.41, 5.74) is 3.32. The molecule has 1 aliphatic rings. The maximum atomic E-state index is 12.3. The molecule has 2 heterocycles. The highest BCUT2D eigenvalue weighted by atomic mass is 16.2. The third-order valence-corrected chi connectivity index (χ3v) is 5.29. The van der Waals surface area contributed by atoms with E-state index in [0.717, 1.165) is 29.6 Å². The fraction of sp³-hybridized carbons (Fsp3) is 0.304. The van der Waals surface area contributed by atoms with E-state index >= 15 is 0 Å². The molecule has 144 valence electrons. The third kappa shape index (κ3) is 4.25. The van der Waals surface area contributed by atoms with Crippen molar-refractivity contribution in [2.45, 2.75) is 38.9 Å². The highest BCUT2D eigenvalue weighted by Crippen LogP contribution is 2.16. The van der Waals surface area contributed by atoms with Gasteiger partial charge in [0.15, 0.2) is 0 Å². The van der Waals surface area contributed by atoms with E-state index in [2.05, 4.69) is 34.1 Å². The maximum absolute atomic E-state index is 12.3. The molecule has 5 heteroatoms. The van der Waals surface area contributed by atoms with E-state index in [1.54, 1.807) is 0 Å². The van der Waals surface area contributed by atoms with Crippen LogP contribution in [0.15, 0.2) is 60.8 Å². The lowest BCUT2D eigenvalue weighted by Crippen LogP contribution is -2.25. The molecule has 0 unspecified atom stereocenters. The molecule has 1 aliphatic heterocycles. The monoisotopic (exact) mass is 375 g/mol. The summed E-state index contributed by atoms with van der Waals surface area (Å²) in [5.74, 6) is 0.272. The Morgan fingerprint density at radius 1 is 1.04 bits per heavy atom. The Morgan fingerprint density at radius 2 is 1.89 bits per heavy atom. The average molecular weight is 375 g/mol. The molecule has 2 aromatic carbocycles. The SMILES string of the molecule is O=C(CCn1ccc2ccccc21)NCc1cccc(CN2CCCC2=O)c1. The molecule has 1 N–H and O–H groups in total. The number of hydrogen-bond donors (Lipinski definition) is 1. The number of carbonyl (C=O) groups is 2. The van der Waals surface area contributed by atoms with Gasteiger partial charge >= 0.3 is 0 Å². The van der Waals surface area contributed by atoms with Crippen LogP contribution in [0.1, 0.15) is 30.4 Å². The van der Waals surface area contributed by atoms with Crippen molar-refractivity contribution in [1.29, 1.82) is 0 Å². The molecular weight excluding hydrogens is 350 g/mol. The zero-order chi connectivity index (χ0) is 19.3. The number of carbonyl (C=O) groups excluding carboxylic acids is 2. The maximum Gasteiger partial charge on any atom is 0.222 e. The zero-order valence-electron chi connectivity index (χ0n) is 15.9. The minimum Gasteiger partial charge on any atom is -0.352 e. The van der Waals surface area contributed by atoms with E-state index in [1.165, 1.54) is 5.39 Å². The minimum absolute atomic E-state index is 0.0397. The Labute approximate surface area is 165 Å². The van der Waals surface area contributed by atoms with Crippen LogP contribution in [0, 0.1) is 0 Å². The number of rotatable bonds is 7. The van der Waals surface area contributed by atoms with Crippen molar-refractivity contribution in [3.63, 3.8) is 0 Å². The van der Waals surface area contributed by atoms with Crippen LogP contribution in [0.25, 0.3) is 10.9 Å². The number of aromatic nitrogens is 1. The Kier molecular flexibility index (Phi) is 5.42. The number of amides is 2. The van der Waals surface area contributed by atoms with Gasteiger partial charge < -0.3 is 14.8 Å². The van der Waals surface area contributed by atoms with Crippen molar-refractivity contribution in [1.82, 2.24) is 14.8 Å². The Morgan fingerprint density at radius 3 is 2.75 bits per heavy atom. The zero-order valence-corrected chi connectivity index (χ0v) is 15.9. The van der Waals surface area contributed by atoms with Crippen LogP contribution in [0.4, 0.5) is 0 Å². The Bertz CT molecular complexity index is 992. The lowest BCUT2D eigenvalue weighted by molar-refractivity contribution is -0.128. The lowest BCUT2D eigenvalue weighted by atomic mass is 10.1. The molecule has 3 aromatic rings. The summed E-state index contributed by atoms with van der Waals surface area (Å²) in [6, 6.07) is 18.4. The van der Waals surface area contributed by atoms with Gasteiger partial charge in [0, 0.05) is 50.7 Å². The van der Waals surface area contributed by atoms with Crippen LogP contribution >= 0.6 is 0 Å². The second-order valence-electron chi connectivity index (χ2n) is 7.33. The number of aryl methyl sites for hydroxylation is 1. The van der Waals surface area contributed by atoms with E-state index in [0.29, 0.717) is 32.5 Å². The van der Waals surface area contributed by atoms with E-state index in [-0.39, 0.29) is 11.8 Å². The summed E-state index contributed by atoms with van der Waals surface area (Å²) < 4.78 is 2.11. The van der Waals surface area contributed by atoms with Crippen molar-refractivity contribution >= 4 is 22.7 Å². The Balaban J connectivity index is 1.28. The Hall–Kier alpha value is -3.08. The van der Waals surface area contributed by atoms with Gasteiger partial charge in [-0.05, 0) is 35.1 Å². The molecule has 2 amide bonds. The van der Waals surface area contributed by atoms with Gasteiger partial charge in [0.1, 0.15) is 0 Å². The lowest BCUT2D eigenvalue weighted by Gasteiger charge is -2.16. The topological polar surface area (TPSA) is 54.3 Å². The molecule has 0 atom stereocenters. The number of nitrogens with zero attached hydrogens (tertiary/aromatic N) is 2. The van der Waals surface area contributed by atoms with Gasteiger partial charge in [-0.25, -0.2) is 0 Å². The van der Waals surface area contributed by atoms with Crippen molar-refractivity contribution < 1.29 is 9.59 Å². The van der Waals surface area contributed by atoms with Crippen molar-refractivity contribution in [3.8, 4) is 0 Å². The molecular formula is C23H25N3O2. The molecule has 28 heavy (non-hydrogen) atoms. The van der Waals surface area contributed by atoms with Gasteiger partial charge in [-0.1, -0.05) is 42.5 Å². The summed E-state index contributed by atoms with van der Waals surface area (Å²) >= 11 is 0. The van der Waals surface area contributed by atoms with Crippen molar-refractivity contribution in [2.75, 3.05) is 6.54 Å². The summed E-state index contributed by atoms with van der Waals surface area (Å²) in [7, 11) is 0. The normalized spacial score (nSPS) is 14.0. The van der Waals surface area contributed by atoms with Crippen LogP contribution in [-0.2, 0) is 29.2 Å². The summed E-state index contributed by atoms with van der Waals surface area (Å²) in [6.45, 7) is 2.67. The van der Waals surface area contributed by atoms with Crippen molar-refractivity contribution in [3.05, 3.63) is 71.9 Å². The minimum atomic E-state index is 0.0397. The van der Waals surface area contributed by atoms with Crippen LogP contribution in [0.5, 0.6) is 0 Å². The molecule has 5 nitrogen and oxygen atoms in total. The quantitative estimate of drug-likeness (QED) is 0.687. The largest absolute Gasteiger partial charge is 0.352 e. The van der Waals surface area contributed by atoms with Crippen LogP contribution in [-0.4, -0.2) is 27.8 Å². The highest BCUT2D eigenvalue weighted by Gasteiger charge is 2.19. The van der Waals surface area contributed by atoms with Crippen LogP contribution in [0.3, 0.4) is 0 Å². The van der Waals surface area contributed by atoms with Gasteiger partial charge in [0.25, 0.3) is 0 Å². The van der Waals surface area contributed by atoms with Gasteiger partial charge in [-0.3, -0.25) is 9.59 Å². The fourth-order valence-corrected chi connectivity index (χ4v) is 3.78. The van der Waals surface area contributed by atoms with E-state index in [1.807, 2.05) is 41.4 Å². The van der Waals surface area contributed by atoms with Gasteiger partial charge in [-0.2, -0.15) is 0 Å². The number of hydrogen-bond acceptors (Lipinski definition) is 2. The predicted octanol–water partition coefficient (Wildman–Crippen LogP) is 3.47. The standard InChI is InChI=1S/C23H25N3O2/c27-22(11-14-25-13-10-20-7-1-2-8-21(20)25)24-16-18-5-3-6-19(15-18)17-26-12-4-9-23(26)28/h1-3,5-8,10,13,15H,4,9,11-12,14,16-17H2,(H,24,27). The number of para-hydroxylation sites is 1.